The first-order valence-electron chi connectivity index (χ1n) is 8.89. The number of carbonyl (C=O) groups excluding carboxylic acids is 1. The molecule has 5 heteroatoms. The molecule has 1 aromatic heterocycles. The van der Waals surface area contributed by atoms with Crippen LogP contribution in [0, 0.1) is 0 Å². The van der Waals surface area contributed by atoms with Crippen LogP contribution >= 0.6 is 11.3 Å². The number of benzene rings is 2. The molecule has 3 rings (SSSR count). The molecule has 27 heavy (non-hydrogen) atoms. The second kappa shape index (κ2) is 9.35. The van der Waals surface area contributed by atoms with Gasteiger partial charge in [0.2, 0.25) is 0 Å². The summed E-state index contributed by atoms with van der Waals surface area (Å²) in [7, 11) is 4.05. The van der Waals surface area contributed by atoms with Crippen molar-refractivity contribution in [1.82, 2.24) is 10.2 Å². The van der Waals surface area contributed by atoms with Crippen molar-refractivity contribution >= 4 is 17.2 Å². The number of ether oxygens (including phenoxy) is 1. The van der Waals surface area contributed by atoms with Crippen molar-refractivity contribution in [2.75, 3.05) is 20.6 Å². The first-order chi connectivity index (χ1) is 13.1. The topological polar surface area (TPSA) is 41.6 Å². The number of hydrogen-bond acceptors (Lipinski definition) is 4. The van der Waals surface area contributed by atoms with E-state index in [0.29, 0.717) is 18.7 Å². The van der Waals surface area contributed by atoms with Crippen LogP contribution < -0.4 is 10.1 Å². The minimum atomic E-state index is -0.0781. The summed E-state index contributed by atoms with van der Waals surface area (Å²) in [6.45, 7) is 0.913. The average molecular weight is 381 g/mol. The number of carbonyl (C=O) groups is 1. The fourth-order valence-corrected chi connectivity index (χ4v) is 3.77. The summed E-state index contributed by atoms with van der Waals surface area (Å²) in [4.78, 5) is 16.2. The van der Waals surface area contributed by atoms with Crippen LogP contribution in [0.1, 0.15) is 26.8 Å². The summed E-state index contributed by atoms with van der Waals surface area (Å²) in [5, 5.41) is 5.14. The molecule has 2 aromatic carbocycles. The Kier molecular flexibility index (Phi) is 6.63. The van der Waals surface area contributed by atoms with Crippen molar-refractivity contribution in [3.05, 3.63) is 88.1 Å². The first-order valence-corrected chi connectivity index (χ1v) is 9.77. The highest BCUT2D eigenvalue weighted by molar-refractivity contribution is 7.10. The van der Waals surface area contributed by atoms with Gasteiger partial charge in [-0.1, -0.05) is 42.5 Å². The molecule has 3 aromatic rings. The predicted octanol–water partition coefficient (Wildman–Crippen LogP) is 4.36. The lowest BCUT2D eigenvalue weighted by atomic mass is 10.1. The number of hydrogen-bond donors (Lipinski definition) is 1. The summed E-state index contributed by atoms with van der Waals surface area (Å²) in [5.74, 6) is 0.712. The smallest absolute Gasteiger partial charge is 0.251 e. The Labute approximate surface area is 164 Å². The van der Waals surface area contributed by atoms with Crippen LogP contribution in [-0.2, 0) is 6.61 Å². The van der Waals surface area contributed by atoms with Gasteiger partial charge >= 0.3 is 0 Å². The van der Waals surface area contributed by atoms with Gasteiger partial charge in [-0.25, -0.2) is 0 Å². The second-order valence-electron chi connectivity index (χ2n) is 6.46. The minimum absolute atomic E-state index is 0.0781. The second-order valence-corrected chi connectivity index (χ2v) is 7.44. The Morgan fingerprint density at radius 2 is 1.78 bits per heavy atom. The largest absolute Gasteiger partial charge is 0.489 e. The highest BCUT2D eigenvalue weighted by Crippen LogP contribution is 2.22. The Morgan fingerprint density at radius 1 is 1.04 bits per heavy atom. The molecule has 0 aliphatic rings. The SMILES string of the molecule is CN(C)C(CNC(=O)c1ccccc1COc1ccccc1)c1cccs1. The molecular formula is C22H24N2O2S. The van der Waals surface area contributed by atoms with E-state index in [0.717, 1.165) is 11.3 Å². The van der Waals surface area contributed by atoms with E-state index in [-0.39, 0.29) is 11.9 Å². The number of amides is 1. The van der Waals surface area contributed by atoms with Gasteiger partial charge in [-0.3, -0.25) is 4.79 Å². The molecular weight excluding hydrogens is 356 g/mol. The van der Waals surface area contributed by atoms with Gasteiger partial charge < -0.3 is 15.0 Å². The lowest BCUT2D eigenvalue weighted by molar-refractivity contribution is 0.0939. The summed E-state index contributed by atoms with van der Waals surface area (Å²) in [6, 6.07) is 21.5. The van der Waals surface area contributed by atoms with E-state index in [2.05, 4.69) is 21.7 Å². The van der Waals surface area contributed by atoms with Gasteiger partial charge in [0.1, 0.15) is 12.4 Å². The van der Waals surface area contributed by atoms with Crippen molar-refractivity contribution in [2.24, 2.45) is 0 Å². The quantitative estimate of drug-likeness (QED) is 0.631. The Morgan fingerprint density at radius 3 is 2.48 bits per heavy atom. The number of para-hydroxylation sites is 1. The lowest BCUT2D eigenvalue weighted by Gasteiger charge is -2.23. The minimum Gasteiger partial charge on any atom is -0.489 e. The molecule has 0 bridgehead atoms. The van der Waals surface area contributed by atoms with Crippen LogP contribution in [-0.4, -0.2) is 31.4 Å². The number of thiophene rings is 1. The van der Waals surface area contributed by atoms with E-state index in [9.17, 15) is 4.79 Å². The zero-order valence-corrected chi connectivity index (χ0v) is 16.4. The number of rotatable bonds is 8. The maximum absolute atomic E-state index is 12.8. The van der Waals surface area contributed by atoms with Gasteiger partial charge in [0, 0.05) is 22.5 Å². The molecule has 0 saturated carbocycles. The van der Waals surface area contributed by atoms with Crippen LogP contribution in [0.25, 0.3) is 0 Å². The number of nitrogens with zero attached hydrogens (tertiary/aromatic N) is 1. The first kappa shape index (κ1) is 19.1. The monoisotopic (exact) mass is 380 g/mol. The molecule has 0 aliphatic carbocycles. The molecule has 1 N–H and O–H groups in total. The summed E-state index contributed by atoms with van der Waals surface area (Å²) in [5.41, 5.74) is 1.52. The van der Waals surface area contributed by atoms with Gasteiger partial charge in [-0.2, -0.15) is 0 Å². The normalized spacial score (nSPS) is 12.0. The molecule has 0 spiro atoms. The molecule has 1 heterocycles. The number of likely N-dealkylation sites (N-methyl/N-ethyl adjacent to an activating group) is 1. The van der Waals surface area contributed by atoms with Gasteiger partial charge in [0.05, 0.1) is 6.04 Å². The molecule has 140 valence electrons. The zero-order chi connectivity index (χ0) is 19.1. The van der Waals surface area contributed by atoms with Crippen molar-refractivity contribution in [3.63, 3.8) is 0 Å². The van der Waals surface area contributed by atoms with Gasteiger partial charge in [0.15, 0.2) is 0 Å². The Bertz CT molecular complexity index is 848. The van der Waals surface area contributed by atoms with Gasteiger partial charge in [-0.05, 0) is 43.7 Å². The molecule has 4 nitrogen and oxygen atoms in total. The molecule has 0 aliphatic heterocycles. The maximum atomic E-state index is 12.8. The van der Waals surface area contributed by atoms with Crippen molar-refractivity contribution < 1.29 is 9.53 Å². The summed E-state index contributed by atoms with van der Waals surface area (Å²) in [6.07, 6.45) is 0. The third-order valence-electron chi connectivity index (χ3n) is 4.35. The van der Waals surface area contributed by atoms with Gasteiger partial charge in [0.25, 0.3) is 5.91 Å². The third-order valence-corrected chi connectivity index (χ3v) is 5.32. The molecule has 1 atom stereocenters. The standard InChI is InChI=1S/C22H24N2O2S/c1-24(2)20(21-13-8-14-27-21)15-23-22(25)19-12-7-6-9-17(19)16-26-18-10-4-3-5-11-18/h3-14,20H,15-16H2,1-2H3,(H,23,25). The zero-order valence-electron chi connectivity index (χ0n) is 15.6. The molecule has 1 amide bonds. The lowest BCUT2D eigenvalue weighted by Crippen LogP contribution is -2.34. The van der Waals surface area contributed by atoms with E-state index in [1.165, 1.54) is 4.88 Å². The van der Waals surface area contributed by atoms with Crippen LogP contribution in [0.4, 0.5) is 0 Å². The molecule has 0 fully saturated rings. The van der Waals surface area contributed by atoms with Crippen molar-refractivity contribution in [2.45, 2.75) is 12.6 Å². The fraction of sp³-hybridized carbons (Fsp3) is 0.227. The average Bonchev–Trinajstić information content (AvgIpc) is 3.21. The van der Waals surface area contributed by atoms with Crippen molar-refractivity contribution in [3.8, 4) is 5.75 Å². The van der Waals surface area contributed by atoms with Crippen LogP contribution in [0.3, 0.4) is 0 Å². The molecule has 0 saturated heterocycles. The highest BCUT2D eigenvalue weighted by atomic mass is 32.1. The van der Waals surface area contributed by atoms with E-state index >= 15 is 0 Å². The number of nitrogens with one attached hydrogen (secondary N) is 1. The van der Waals surface area contributed by atoms with Gasteiger partial charge in [-0.15, -0.1) is 11.3 Å². The highest BCUT2D eigenvalue weighted by Gasteiger charge is 2.18. The predicted molar refractivity (Wildman–Crippen MR) is 110 cm³/mol. The Hall–Kier alpha value is -2.63. The Balaban J connectivity index is 1.66. The molecule has 1 unspecified atom stereocenters. The summed E-state index contributed by atoms with van der Waals surface area (Å²) < 4.78 is 5.82. The maximum Gasteiger partial charge on any atom is 0.251 e. The van der Waals surface area contributed by atoms with Crippen LogP contribution in [0.15, 0.2) is 72.1 Å². The fourth-order valence-electron chi connectivity index (χ4n) is 2.85. The van der Waals surface area contributed by atoms with Crippen LogP contribution in [0.5, 0.6) is 5.75 Å². The van der Waals surface area contributed by atoms with E-state index < -0.39 is 0 Å². The van der Waals surface area contributed by atoms with Crippen molar-refractivity contribution in [1.29, 1.82) is 0 Å². The van der Waals surface area contributed by atoms with Crippen LogP contribution in [0.2, 0.25) is 0 Å². The van der Waals surface area contributed by atoms with E-state index in [1.54, 1.807) is 11.3 Å². The molecule has 0 radical (unpaired) electrons. The van der Waals surface area contributed by atoms with E-state index in [4.69, 9.17) is 4.74 Å². The van der Waals surface area contributed by atoms with E-state index in [1.807, 2.05) is 74.8 Å². The summed E-state index contributed by atoms with van der Waals surface area (Å²) >= 11 is 1.70. The third kappa shape index (κ3) is 5.18.